The lowest BCUT2D eigenvalue weighted by atomic mass is 10.3. The van der Waals surface area contributed by atoms with Crippen molar-refractivity contribution in [1.29, 1.82) is 5.26 Å². The molecule has 2 aromatic heterocycles. The maximum absolute atomic E-state index is 8.45. The molecular formula is C11H14N4S. The number of rotatable bonds is 4. The fourth-order valence-electron chi connectivity index (χ4n) is 1.73. The number of hydrogen-bond donors (Lipinski definition) is 1. The van der Waals surface area contributed by atoms with Crippen LogP contribution in [-0.2, 0) is 6.54 Å². The molecule has 0 aliphatic carbocycles. The van der Waals surface area contributed by atoms with Crippen LogP contribution in [-0.4, -0.2) is 15.9 Å². The van der Waals surface area contributed by atoms with Gasteiger partial charge in [0.15, 0.2) is 4.96 Å². The molecule has 2 heterocycles. The first-order chi connectivity index (χ1) is 7.74. The van der Waals surface area contributed by atoms with Crippen LogP contribution in [0.25, 0.3) is 4.96 Å². The van der Waals surface area contributed by atoms with Crippen LogP contribution in [0.5, 0.6) is 0 Å². The summed E-state index contributed by atoms with van der Waals surface area (Å²) in [5, 5.41) is 13.8. The summed E-state index contributed by atoms with van der Waals surface area (Å²) in [7, 11) is 0. The Kier molecular flexibility index (Phi) is 3.22. The van der Waals surface area contributed by atoms with Crippen molar-refractivity contribution in [2.24, 2.45) is 0 Å². The molecule has 0 bridgehead atoms. The van der Waals surface area contributed by atoms with E-state index < -0.39 is 0 Å². The van der Waals surface area contributed by atoms with E-state index >= 15 is 0 Å². The van der Waals surface area contributed by atoms with E-state index in [1.165, 1.54) is 11.4 Å². The molecule has 5 heteroatoms. The molecule has 0 aliphatic rings. The van der Waals surface area contributed by atoms with Crippen LogP contribution in [0.3, 0.4) is 0 Å². The summed E-state index contributed by atoms with van der Waals surface area (Å²) in [6.07, 6.45) is 0.545. The highest BCUT2D eigenvalue weighted by Crippen LogP contribution is 2.20. The topological polar surface area (TPSA) is 53.1 Å². The van der Waals surface area contributed by atoms with Crippen molar-refractivity contribution in [3.8, 4) is 6.07 Å². The second kappa shape index (κ2) is 4.64. The molecule has 84 valence electrons. The van der Waals surface area contributed by atoms with Crippen molar-refractivity contribution in [3.05, 3.63) is 22.5 Å². The van der Waals surface area contributed by atoms with Crippen LogP contribution in [0.4, 0.5) is 0 Å². The Hall–Kier alpha value is -1.38. The molecule has 2 rings (SSSR count). The minimum absolute atomic E-state index is 0.545. The highest BCUT2D eigenvalue weighted by atomic mass is 32.1. The second-order valence-corrected chi connectivity index (χ2v) is 4.56. The van der Waals surface area contributed by atoms with Crippen LogP contribution in [0.1, 0.15) is 23.5 Å². The number of nitriles is 1. The number of fused-ring (bicyclic) bond motifs is 1. The number of nitrogens with one attached hydrogen (secondary N) is 1. The van der Waals surface area contributed by atoms with Crippen LogP contribution in [0.15, 0.2) is 5.38 Å². The van der Waals surface area contributed by atoms with Crippen molar-refractivity contribution < 1.29 is 0 Å². The normalized spacial score (nSPS) is 10.8. The Morgan fingerprint density at radius 3 is 3.12 bits per heavy atom. The maximum atomic E-state index is 8.45. The van der Waals surface area contributed by atoms with Gasteiger partial charge in [-0.05, 0) is 13.8 Å². The van der Waals surface area contributed by atoms with Gasteiger partial charge < -0.3 is 5.32 Å². The van der Waals surface area contributed by atoms with Crippen molar-refractivity contribution in [2.75, 3.05) is 6.54 Å². The van der Waals surface area contributed by atoms with Crippen molar-refractivity contribution in [1.82, 2.24) is 14.7 Å². The summed E-state index contributed by atoms with van der Waals surface area (Å²) in [6, 6.07) is 2.12. The lowest BCUT2D eigenvalue weighted by molar-refractivity contribution is 0.677. The number of nitrogens with zero attached hydrogens (tertiary/aromatic N) is 3. The molecule has 0 aliphatic heterocycles. The first kappa shape index (κ1) is 11.1. The van der Waals surface area contributed by atoms with Gasteiger partial charge in [0.1, 0.15) is 0 Å². The van der Waals surface area contributed by atoms with E-state index in [4.69, 9.17) is 5.26 Å². The summed E-state index contributed by atoms with van der Waals surface area (Å²) in [6.45, 7) is 5.61. The monoisotopic (exact) mass is 234 g/mol. The van der Waals surface area contributed by atoms with Gasteiger partial charge in [-0.25, -0.2) is 4.98 Å². The van der Waals surface area contributed by atoms with E-state index in [0.29, 0.717) is 6.42 Å². The van der Waals surface area contributed by atoms with Gasteiger partial charge in [0.05, 0.1) is 17.5 Å². The van der Waals surface area contributed by atoms with Gasteiger partial charge in [0, 0.05) is 30.6 Å². The second-order valence-electron chi connectivity index (χ2n) is 3.72. The largest absolute Gasteiger partial charge is 0.310 e. The lowest BCUT2D eigenvalue weighted by Gasteiger charge is -2.03. The third kappa shape index (κ3) is 1.94. The van der Waals surface area contributed by atoms with E-state index in [1.54, 1.807) is 11.3 Å². The number of aryl methyl sites for hydroxylation is 2. The Morgan fingerprint density at radius 2 is 2.38 bits per heavy atom. The van der Waals surface area contributed by atoms with Gasteiger partial charge in [0.25, 0.3) is 0 Å². The standard InChI is InChI=1S/C11H14N4S/c1-8-7-16-11-14-9(2)10(15(8)11)6-13-5-3-4-12/h7,13H,3,5-6H2,1-2H3. The number of aromatic nitrogens is 2. The van der Waals surface area contributed by atoms with Gasteiger partial charge in [-0.1, -0.05) is 0 Å². The Balaban J connectivity index is 2.19. The zero-order valence-electron chi connectivity index (χ0n) is 9.45. The van der Waals surface area contributed by atoms with E-state index in [0.717, 1.165) is 23.7 Å². The molecule has 0 spiro atoms. The Bertz CT molecular complexity index is 532. The zero-order valence-corrected chi connectivity index (χ0v) is 10.3. The summed E-state index contributed by atoms with van der Waals surface area (Å²) >= 11 is 1.66. The van der Waals surface area contributed by atoms with Gasteiger partial charge in [-0.3, -0.25) is 4.40 Å². The van der Waals surface area contributed by atoms with E-state index in [-0.39, 0.29) is 0 Å². The van der Waals surface area contributed by atoms with Crippen LogP contribution in [0.2, 0.25) is 0 Å². The van der Waals surface area contributed by atoms with Gasteiger partial charge >= 0.3 is 0 Å². The summed E-state index contributed by atoms with van der Waals surface area (Å²) in [4.78, 5) is 5.56. The molecule has 0 fully saturated rings. The SMILES string of the molecule is Cc1nc2scc(C)n2c1CNCCC#N. The average Bonchev–Trinajstić information content (AvgIpc) is 2.75. The predicted octanol–water partition coefficient (Wildman–Crippen LogP) is 2.02. The predicted molar refractivity (Wildman–Crippen MR) is 64.5 cm³/mol. The Morgan fingerprint density at radius 1 is 1.56 bits per heavy atom. The van der Waals surface area contributed by atoms with Crippen molar-refractivity contribution >= 4 is 16.3 Å². The number of thiazole rings is 1. The highest BCUT2D eigenvalue weighted by Gasteiger charge is 2.11. The fourth-order valence-corrected chi connectivity index (χ4v) is 2.66. The van der Waals surface area contributed by atoms with E-state index in [9.17, 15) is 0 Å². The molecule has 0 amide bonds. The van der Waals surface area contributed by atoms with Gasteiger partial charge in [-0.15, -0.1) is 11.3 Å². The van der Waals surface area contributed by atoms with E-state index in [2.05, 4.69) is 33.1 Å². The van der Waals surface area contributed by atoms with Crippen LogP contribution in [0, 0.1) is 25.2 Å². The molecule has 4 nitrogen and oxygen atoms in total. The summed E-state index contributed by atoms with van der Waals surface area (Å²) in [5.41, 5.74) is 3.49. The summed E-state index contributed by atoms with van der Waals surface area (Å²) in [5.74, 6) is 0. The molecule has 0 unspecified atom stereocenters. The van der Waals surface area contributed by atoms with Crippen molar-refractivity contribution in [2.45, 2.75) is 26.8 Å². The summed E-state index contributed by atoms with van der Waals surface area (Å²) < 4.78 is 2.18. The molecule has 0 saturated heterocycles. The van der Waals surface area contributed by atoms with E-state index in [1.807, 2.05) is 6.92 Å². The van der Waals surface area contributed by atoms with Crippen LogP contribution >= 0.6 is 11.3 Å². The van der Waals surface area contributed by atoms with Crippen LogP contribution < -0.4 is 5.32 Å². The quantitative estimate of drug-likeness (QED) is 0.823. The molecule has 1 N–H and O–H groups in total. The number of hydrogen-bond acceptors (Lipinski definition) is 4. The fraction of sp³-hybridized carbons (Fsp3) is 0.455. The first-order valence-corrected chi connectivity index (χ1v) is 6.11. The smallest absolute Gasteiger partial charge is 0.194 e. The van der Waals surface area contributed by atoms with Gasteiger partial charge in [-0.2, -0.15) is 5.26 Å². The molecule has 0 saturated carbocycles. The minimum atomic E-state index is 0.545. The molecular weight excluding hydrogens is 220 g/mol. The first-order valence-electron chi connectivity index (χ1n) is 5.23. The Labute approximate surface area is 98.5 Å². The maximum Gasteiger partial charge on any atom is 0.194 e. The average molecular weight is 234 g/mol. The molecule has 0 aromatic carbocycles. The molecule has 2 aromatic rings. The molecule has 0 atom stereocenters. The van der Waals surface area contributed by atoms with Gasteiger partial charge in [0.2, 0.25) is 0 Å². The third-order valence-corrected chi connectivity index (χ3v) is 3.48. The third-order valence-electron chi connectivity index (χ3n) is 2.54. The molecule has 0 radical (unpaired) electrons. The van der Waals surface area contributed by atoms with Crippen molar-refractivity contribution in [3.63, 3.8) is 0 Å². The lowest BCUT2D eigenvalue weighted by Crippen LogP contribution is -2.16. The minimum Gasteiger partial charge on any atom is -0.310 e. The zero-order chi connectivity index (χ0) is 11.5. The highest BCUT2D eigenvalue weighted by molar-refractivity contribution is 7.15. The molecule has 16 heavy (non-hydrogen) atoms. The number of imidazole rings is 1.